The Hall–Kier alpha value is -1.80. The summed E-state index contributed by atoms with van der Waals surface area (Å²) in [5.41, 5.74) is -6.76. The molecule has 3 saturated carbocycles. The lowest BCUT2D eigenvalue weighted by atomic mass is 9.42. The molecule has 0 radical (unpaired) electrons. The summed E-state index contributed by atoms with van der Waals surface area (Å²) in [6, 6.07) is 0. The van der Waals surface area contributed by atoms with Gasteiger partial charge in [0.2, 0.25) is 0 Å². The predicted octanol–water partition coefficient (Wildman–Crippen LogP) is 2.51. The van der Waals surface area contributed by atoms with Crippen LogP contribution >= 0.6 is 0 Å². The number of methoxy groups -OCH3 is 4. The molecule has 5 N–H and O–H groups in total. The number of Topliss-reactive ketones (excluding diaryl/α,β-unsaturated/α-hetero) is 1. The number of aliphatic hydroxyl groups excluding tert-OH is 2. The number of ether oxygens (including phenoxy) is 13. The van der Waals surface area contributed by atoms with Crippen molar-refractivity contribution in [2.24, 2.45) is 16.7 Å². The Kier molecular flexibility index (Phi) is 16.4. The van der Waals surface area contributed by atoms with E-state index in [1.165, 1.54) is 21.0 Å². The van der Waals surface area contributed by atoms with E-state index >= 15 is 0 Å². The highest BCUT2D eigenvalue weighted by Gasteiger charge is 2.81. The summed E-state index contributed by atoms with van der Waals surface area (Å²) in [5.74, 6) is -1.66. The van der Waals surface area contributed by atoms with Crippen molar-refractivity contribution in [1.82, 2.24) is 0 Å². The monoisotopic (exact) mass is 1010 g/mol. The quantitative estimate of drug-likeness (QED) is 0.124. The summed E-state index contributed by atoms with van der Waals surface area (Å²) < 4.78 is 80.4. The standard InChI is InChI=1S/C51H82O20/c1-24-40(54)45(62-12)41(55)46(66-24)71-44-27(4)65-39(22-34(44)61-11)70-43-26(3)64-38(21-33(43)60-10)69-42-25(2)63-37(20-32(42)59-9)68-31-14-15-47(7)30(19-31)13-16-50(57)35(47)23-36(67-29(6)53)48(8)49(56,28(5)52)17-18-51(48,50)58/h13,24-27,31-46,54-58H,14-23H2,1-12H3/t24-,25-,26-,27-,31+,32+,33-,34-,35-,36-,37+,38+,39+,40+,41-,42-,43-,44-,45+,46+,47+,48-,49-,50+,51-/m1/s1. The number of hydrogen-bond acceptors (Lipinski definition) is 20. The lowest BCUT2D eigenvalue weighted by Gasteiger charge is -2.67. The average molecular weight is 1020 g/mol. The van der Waals surface area contributed by atoms with Crippen molar-refractivity contribution in [3.8, 4) is 0 Å². The Morgan fingerprint density at radius 2 is 1.15 bits per heavy atom. The van der Waals surface area contributed by atoms with Crippen molar-refractivity contribution in [1.29, 1.82) is 0 Å². The summed E-state index contributed by atoms with van der Waals surface area (Å²) in [6.45, 7) is 13.6. The Balaban J connectivity index is 0.863. The lowest BCUT2D eigenvalue weighted by molar-refractivity contribution is -0.356. The SMILES string of the molecule is CO[C@H]1[C@@H](O)[C@@H](C)O[C@@H](O[C@@H]2[C@@H](C)O[C@@H](O[C@@H]3[C@@H](C)O[C@@H](O[C@H]4[C@@H](OC)C[C@H](O[C@H]5CC[C@@]6(C)C(=CC[C@]7(O)[C@@H]6C[C@@H](OC(C)=O)[C@@]6(C)[C@]7(O)CC[C@@]6(O)C(C)=O)C5)O[C@@H]4C)C[C@H]3OC)C[C@H]2OC)[C@@H]1O. The Morgan fingerprint density at radius 3 is 1.65 bits per heavy atom. The molecule has 0 amide bonds. The Labute approximate surface area is 417 Å². The summed E-state index contributed by atoms with van der Waals surface area (Å²) in [6.07, 6.45) is -7.59. The van der Waals surface area contributed by atoms with E-state index in [0.29, 0.717) is 38.5 Å². The molecule has 0 aromatic carbocycles. The summed E-state index contributed by atoms with van der Waals surface area (Å²) >= 11 is 0. The molecule has 0 aromatic heterocycles. The molecule has 0 unspecified atom stereocenters. The highest BCUT2D eigenvalue weighted by atomic mass is 16.8. The molecule has 4 saturated heterocycles. The van der Waals surface area contributed by atoms with Gasteiger partial charge in [0.05, 0.1) is 54.2 Å². The Bertz CT molecular complexity index is 1920. The number of fused-ring (bicyclic) bond motifs is 5. The maximum absolute atomic E-state index is 13.1. The fraction of sp³-hybridized carbons (Fsp3) is 0.922. The van der Waals surface area contributed by atoms with Gasteiger partial charge in [-0.2, -0.15) is 0 Å². The van der Waals surface area contributed by atoms with Crippen LogP contribution < -0.4 is 0 Å². The van der Waals surface area contributed by atoms with Crippen LogP contribution in [-0.4, -0.2) is 199 Å². The minimum atomic E-state index is -1.99. The number of rotatable bonds is 14. The van der Waals surface area contributed by atoms with Crippen LogP contribution in [0.1, 0.15) is 120 Å². The predicted molar refractivity (Wildman–Crippen MR) is 247 cm³/mol. The summed E-state index contributed by atoms with van der Waals surface area (Å²) in [7, 11) is 6.24. The minimum absolute atomic E-state index is 0.0236. The molecule has 4 heterocycles. The van der Waals surface area contributed by atoms with Crippen LogP contribution in [0.15, 0.2) is 11.6 Å². The second kappa shape index (κ2) is 21.0. The fourth-order valence-electron chi connectivity index (χ4n) is 14.3. The van der Waals surface area contributed by atoms with Crippen molar-refractivity contribution < 1.29 is 96.7 Å². The molecule has 25 atom stereocenters. The zero-order valence-corrected chi connectivity index (χ0v) is 43.6. The minimum Gasteiger partial charge on any atom is -0.462 e. The van der Waals surface area contributed by atoms with E-state index in [-0.39, 0.29) is 31.8 Å². The van der Waals surface area contributed by atoms with Gasteiger partial charge in [-0.15, -0.1) is 0 Å². The van der Waals surface area contributed by atoms with Crippen LogP contribution in [0.25, 0.3) is 0 Å². The molecule has 406 valence electrons. The van der Waals surface area contributed by atoms with E-state index in [1.807, 2.05) is 26.8 Å². The molecule has 4 aliphatic carbocycles. The highest BCUT2D eigenvalue weighted by Crippen LogP contribution is 2.71. The highest BCUT2D eigenvalue weighted by molar-refractivity contribution is 5.87. The van der Waals surface area contributed by atoms with Gasteiger partial charge in [-0.25, -0.2) is 0 Å². The van der Waals surface area contributed by atoms with Crippen molar-refractivity contribution in [2.45, 2.75) is 253 Å². The molecule has 0 spiro atoms. The van der Waals surface area contributed by atoms with E-state index in [2.05, 4.69) is 6.92 Å². The third-order valence-electron chi connectivity index (χ3n) is 18.5. The average Bonchev–Trinajstić information content (AvgIpc) is 3.55. The molecule has 8 rings (SSSR count). The molecule has 7 fully saturated rings. The first kappa shape index (κ1) is 55.4. The molecule has 8 aliphatic rings. The second-order valence-electron chi connectivity index (χ2n) is 22.2. The first-order valence-corrected chi connectivity index (χ1v) is 25.7. The van der Waals surface area contributed by atoms with E-state index in [4.69, 9.17) is 61.6 Å². The van der Waals surface area contributed by atoms with E-state index < -0.39 is 156 Å². The number of ketones is 1. The lowest BCUT2D eigenvalue weighted by Crippen LogP contribution is -2.78. The number of carbonyl (C=O) groups excluding carboxylic acids is 2. The van der Waals surface area contributed by atoms with Crippen molar-refractivity contribution in [3.05, 3.63) is 11.6 Å². The largest absolute Gasteiger partial charge is 0.462 e. The Morgan fingerprint density at radius 1 is 0.634 bits per heavy atom. The molecule has 0 bridgehead atoms. The van der Waals surface area contributed by atoms with Crippen LogP contribution in [0.5, 0.6) is 0 Å². The van der Waals surface area contributed by atoms with Crippen LogP contribution in [0.3, 0.4) is 0 Å². The molecule has 71 heavy (non-hydrogen) atoms. The van der Waals surface area contributed by atoms with Crippen molar-refractivity contribution in [2.75, 3.05) is 28.4 Å². The fourth-order valence-corrected chi connectivity index (χ4v) is 14.3. The first-order valence-electron chi connectivity index (χ1n) is 25.7. The zero-order valence-electron chi connectivity index (χ0n) is 43.6. The maximum atomic E-state index is 13.1. The van der Waals surface area contributed by atoms with E-state index in [0.717, 1.165) is 5.57 Å². The first-order chi connectivity index (χ1) is 33.4. The van der Waals surface area contributed by atoms with Gasteiger partial charge in [0.15, 0.2) is 30.9 Å². The second-order valence-corrected chi connectivity index (χ2v) is 22.2. The van der Waals surface area contributed by atoms with E-state index in [1.54, 1.807) is 35.2 Å². The van der Waals surface area contributed by atoms with Gasteiger partial charge in [0, 0.05) is 60.5 Å². The number of aliphatic hydroxyl groups is 5. The van der Waals surface area contributed by atoms with E-state index in [9.17, 15) is 35.1 Å². The zero-order chi connectivity index (χ0) is 51.7. The normalized spacial score (nSPS) is 52.2. The molecular formula is C51H82O20. The van der Waals surface area contributed by atoms with Crippen LogP contribution in [0, 0.1) is 16.7 Å². The number of hydrogen-bond donors (Lipinski definition) is 5. The van der Waals surface area contributed by atoms with Gasteiger partial charge in [-0.3, -0.25) is 9.59 Å². The number of carbonyl (C=O) groups is 2. The van der Waals surface area contributed by atoms with Gasteiger partial charge in [0.1, 0.15) is 59.5 Å². The summed E-state index contributed by atoms with van der Waals surface area (Å²) in [5, 5.41) is 58.7. The van der Waals surface area contributed by atoms with Crippen LogP contribution in [-0.2, 0) is 71.2 Å². The van der Waals surface area contributed by atoms with Gasteiger partial charge in [-0.05, 0) is 91.9 Å². The molecule has 0 aromatic rings. The molecule has 20 heteroatoms. The smallest absolute Gasteiger partial charge is 0.302 e. The van der Waals surface area contributed by atoms with Gasteiger partial charge < -0.3 is 87.1 Å². The molecular weight excluding hydrogens is 933 g/mol. The van der Waals surface area contributed by atoms with Gasteiger partial charge >= 0.3 is 5.97 Å². The van der Waals surface area contributed by atoms with Gasteiger partial charge in [-0.1, -0.05) is 18.6 Å². The van der Waals surface area contributed by atoms with Crippen molar-refractivity contribution in [3.63, 3.8) is 0 Å². The molecule has 20 nitrogen and oxygen atoms in total. The molecule has 4 aliphatic heterocycles. The third kappa shape index (κ3) is 9.41. The topological polar surface area (TPSA) is 255 Å². The summed E-state index contributed by atoms with van der Waals surface area (Å²) in [4.78, 5) is 25.6. The maximum Gasteiger partial charge on any atom is 0.302 e. The van der Waals surface area contributed by atoms with Crippen LogP contribution in [0.4, 0.5) is 0 Å². The van der Waals surface area contributed by atoms with Crippen LogP contribution in [0.2, 0.25) is 0 Å². The van der Waals surface area contributed by atoms with Gasteiger partial charge in [0.25, 0.3) is 0 Å². The third-order valence-corrected chi connectivity index (χ3v) is 18.5. The van der Waals surface area contributed by atoms with Crippen molar-refractivity contribution >= 4 is 11.8 Å². The number of esters is 1.